The van der Waals surface area contributed by atoms with Crippen molar-refractivity contribution >= 4 is 15.9 Å². The van der Waals surface area contributed by atoms with Gasteiger partial charge in [-0.15, -0.1) is 0 Å². The van der Waals surface area contributed by atoms with Gasteiger partial charge in [-0.25, -0.2) is 8.42 Å². The zero-order chi connectivity index (χ0) is 22.1. The van der Waals surface area contributed by atoms with Crippen molar-refractivity contribution in [2.24, 2.45) is 0 Å². The lowest BCUT2D eigenvalue weighted by Crippen LogP contribution is -2.32. The van der Waals surface area contributed by atoms with E-state index in [2.05, 4.69) is 5.32 Å². The highest BCUT2D eigenvalue weighted by atomic mass is 32.2. The third-order valence-electron chi connectivity index (χ3n) is 5.57. The Labute approximate surface area is 185 Å². The van der Waals surface area contributed by atoms with Crippen molar-refractivity contribution in [1.82, 2.24) is 9.62 Å². The van der Waals surface area contributed by atoms with Gasteiger partial charge in [-0.05, 0) is 55.0 Å². The van der Waals surface area contributed by atoms with Crippen molar-refractivity contribution in [3.05, 3.63) is 59.7 Å². The van der Waals surface area contributed by atoms with E-state index in [0.29, 0.717) is 31.0 Å². The number of hydrogen-bond donors (Lipinski definition) is 1. The van der Waals surface area contributed by atoms with Crippen LogP contribution in [0, 0.1) is 0 Å². The van der Waals surface area contributed by atoms with Gasteiger partial charge in [0.25, 0.3) is 5.91 Å². The van der Waals surface area contributed by atoms with E-state index in [4.69, 9.17) is 4.74 Å². The summed E-state index contributed by atoms with van der Waals surface area (Å²) in [4.78, 5) is 12.4. The maximum Gasteiger partial charge on any atom is 0.257 e. The Balaban J connectivity index is 1.46. The number of para-hydroxylation sites is 1. The molecule has 2 aromatic carbocycles. The summed E-state index contributed by atoms with van der Waals surface area (Å²) in [6.07, 6.45) is 5.50. The van der Waals surface area contributed by atoms with Crippen LogP contribution in [0.3, 0.4) is 0 Å². The number of nitrogens with one attached hydrogen (secondary N) is 1. The number of aryl methyl sites for hydroxylation is 1. The molecule has 0 spiro atoms. The summed E-state index contributed by atoms with van der Waals surface area (Å²) in [5.74, 6) is 0.563. The van der Waals surface area contributed by atoms with Crippen LogP contribution in [0.15, 0.2) is 53.4 Å². The second kappa shape index (κ2) is 11.3. The third kappa shape index (κ3) is 6.55. The van der Waals surface area contributed by atoms with Gasteiger partial charge in [-0.3, -0.25) is 4.79 Å². The van der Waals surface area contributed by atoms with E-state index in [1.165, 1.54) is 0 Å². The van der Waals surface area contributed by atoms with Crippen molar-refractivity contribution in [2.45, 2.75) is 50.3 Å². The number of ether oxygens (including phenoxy) is 1. The Bertz CT molecular complexity index is 950. The summed E-state index contributed by atoms with van der Waals surface area (Å²) in [6, 6.07) is 14.7. The molecule has 168 valence electrons. The first-order chi connectivity index (χ1) is 15.0. The Kier molecular flexibility index (Phi) is 8.49. The van der Waals surface area contributed by atoms with E-state index in [-0.39, 0.29) is 12.5 Å². The maximum atomic E-state index is 12.8. The number of hydrogen-bond acceptors (Lipinski definition) is 4. The molecule has 3 rings (SSSR count). The molecule has 31 heavy (non-hydrogen) atoms. The molecule has 1 aliphatic heterocycles. The van der Waals surface area contributed by atoms with Crippen LogP contribution in [0.25, 0.3) is 0 Å². The first-order valence-corrected chi connectivity index (χ1v) is 12.5. The van der Waals surface area contributed by atoms with Crippen molar-refractivity contribution in [2.75, 3.05) is 26.2 Å². The van der Waals surface area contributed by atoms with E-state index < -0.39 is 10.0 Å². The Hall–Kier alpha value is -2.38. The zero-order valence-corrected chi connectivity index (χ0v) is 19.0. The first kappa shape index (κ1) is 23.3. The molecule has 1 heterocycles. The molecular formula is C24H32N2O4S. The van der Waals surface area contributed by atoms with Gasteiger partial charge >= 0.3 is 0 Å². The molecule has 0 aliphatic carbocycles. The fourth-order valence-corrected chi connectivity index (χ4v) is 5.25. The van der Waals surface area contributed by atoms with E-state index in [0.717, 1.165) is 49.0 Å². The van der Waals surface area contributed by atoms with Crippen LogP contribution in [0.1, 0.15) is 43.7 Å². The molecule has 2 aromatic rings. The minimum absolute atomic E-state index is 0.0238. The third-order valence-corrected chi connectivity index (χ3v) is 7.49. The molecule has 1 N–H and O–H groups in total. The lowest BCUT2D eigenvalue weighted by atomic mass is 10.1. The molecule has 0 saturated carbocycles. The van der Waals surface area contributed by atoms with Crippen LogP contribution >= 0.6 is 0 Å². The minimum Gasteiger partial charge on any atom is -0.483 e. The van der Waals surface area contributed by atoms with Gasteiger partial charge in [-0.2, -0.15) is 4.31 Å². The fraction of sp³-hybridized carbons (Fsp3) is 0.458. The van der Waals surface area contributed by atoms with E-state index in [1.807, 2.05) is 43.3 Å². The standard InChI is InChI=1S/C24H32N2O4S/c1-2-21-9-5-6-10-23(21)30-19-24(27)25-16-15-20-11-13-22(14-12-20)31(28,29)26-17-7-3-4-8-18-26/h5-6,9-14H,2-4,7-8,15-19H2,1H3,(H,25,27). The highest BCUT2D eigenvalue weighted by molar-refractivity contribution is 7.89. The van der Waals surface area contributed by atoms with Crippen molar-refractivity contribution in [3.8, 4) is 5.75 Å². The first-order valence-electron chi connectivity index (χ1n) is 11.1. The molecule has 6 nitrogen and oxygen atoms in total. The Morgan fingerprint density at radius 1 is 1.00 bits per heavy atom. The number of sulfonamides is 1. The van der Waals surface area contributed by atoms with Crippen LogP contribution in [-0.2, 0) is 27.7 Å². The molecule has 1 saturated heterocycles. The average molecular weight is 445 g/mol. The zero-order valence-electron chi connectivity index (χ0n) is 18.2. The van der Waals surface area contributed by atoms with Gasteiger partial charge in [0.1, 0.15) is 5.75 Å². The highest BCUT2D eigenvalue weighted by Crippen LogP contribution is 2.21. The summed E-state index contributed by atoms with van der Waals surface area (Å²) < 4.78 is 32.9. The average Bonchev–Trinajstić information content (AvgIpc) is 3.08. The summed E-state index contributed by atoms with van der Waals surface area (Å²) in [7, 11) is -3.43. The summed E-state index contributed by atoms with van der Waals surface area (Å²) in [6.45, 7) is 3.69. The molecule has 1 aliphatic rings. The molecule has 0 radical (unpaired) electrons. The number of amides is 1. The van der Waals surface area contributed by atoms with Crippen LogP contribution in [0.2, 0.25) is 0 Å². The highest BCUT2D eigenvalue weighted by Gasteiger charge is 2.24. The number of nitrogens with zero attached hydrogens (tertiary/aromatic N) is 1. The van der Waals surface area contributed by atoms with Gasteiger partial charge < -0.3 is 10.1 Å². The van der Waals surface area contributed by atoms with E-state index in [9.17, 15) is 13.2 Å². The number of carbonyl (C=O) groups excluding carboxylic acids is 1. The lowest BCUT2D eigenvalue weighted by Gasteiger charge is -2.20. The van der Waals surface area contributed by atoms with Gasteiger partial charge in [0, 0.05) is 19.6 Å². The number of rotatable bonds is 9. The van der Waals surface area contributed by atoms with Crippen LogP contribution in [-0.4, -0.2) is 44.9 Å². The second-order valence-corrected chi connectivity index (χ2v) is 9.75. The predicted octanol–water partition coefficient (Wildman–Crippen LogP) is 3.55. The Morgan fingerprint density at radius 3 is 2.35 bits per heavy atom. The van der Waals surface area contributed by atoms with Crippen LogP contribution < -0.4 is 10.1 Å². The maximum absolute atomic E-state index is 12.8. The summed E-state index contributed by atoms with van der Waals surface area (Å²) in [5, 5.41) is 2.85. The van der Waals surface area contributed by atoms with Gasteiger partial charge in [0.2, 0.25) is 10.0 Å². The van der Waals surface area contributed by atoms with Crippen LogP contribution in [0.5, 0.6) is 5.75 Å². The normalized spacial score (nSPS) is 15.3. The number of carbonyl (C=O) groups is 1. The van der Waals surface area contributed by atoms with Crippen molar-refractivity contribution in [1.29, 1.82) is 0 Å². The fourth-order valence-electron chi connectivity index (χ4n) is 3.74. The predicted molar refractivity (Wildman–Crippen MR) is 122 cm³/mol. The van der Waals surface area contributed by atoms with Gasteiger partial charge in [0.05, 0.1) is 4.90 Å². The molecule has 1 amide bonds. The van der Waals surface area contributed by atoms with E-state index >= 15 is 0 Å². The quantitative estimate of drug-likeness (QED) is 0.642. The number of benzene rings is 2. The molecule has 1 fully saturated rings. The van der Waals surface area contributed by atoms with Crippen molar-refractivity contribution < 1.29 is 17.9 Å². The topological polar surface area (TPSA) is 75.7 Å². The molecule has 0 unspecified atom stereocenters. The Morgan fingerprint density at radius 2 is 1.68 bits per heavy atom. The molecule has 7 heteroatoms. The summed E-state index contributed by atoms with van der Waals surface area (Å²) in [5.41, 5.74) is 2.05. The lowest BCUT2D eigenvalue weighted by molar-refractivity contribution is -0.123. The second-order valence-electron chi connectivity index (χ2n) is 7.81. The van der Waals surface area contributed by atoms with Gasteiger partial charge in [0.15, 0.2) is 6.61 Å². The minimum atomic E-state index is -3.43. The molecular weight excluding hydrogens is 412 g/mol. The smallest absolute Gasteiger partial charge is 0.257 e. The summed E-state index contributed by atoms with van der Waals surface area (Å²) >= 11 is 0. The molecule has 0 bridgehead atoms. The van der Waals surface area contributed by atoms with Crippen LogP contribution in [0.4, 0.5) is 0 Å². The van der Waals surface area contributed by atoms with Crippen molar-refractivity contribution in [3.63, 3.8) is 0 Å². The van der Waals surface area contributed by atoms with Gasteiger partial charge in [-0.1, -0.05) is 50.1 Å². The monoisotopic (exact) mass is 444 g/mol. The van der Waals surface area contributed by atoms with E-state index in [1.54, 1.807) is 16.4 Å². The SMILES string of the molecule is CCc1ccccc1OCC(=O)NCCc1ccc(S(=O)(=O)N2CCCCCC2)cc1. The molecule has 0 atom stereocenters. The largest absolute Gasteiger partial charge is 0.483 e. The molecule has 0 aromatic heterocycles.